The van der Waals surface area contributed by atoms with Gasteiger partial charge in [0.2, 0.25) is 0 Å². The summed E-state index contributed by atoms with van der Waals surface area (Å²) in [5.74, 6) is 0. The molecule has 0 bridgehead atoms. The van der Waals surface area contributed by atoms with Crippen LogP contribution in [0.2, 0.25) is 0 Å². The standard InChI is InChI=1S/C114H76N4/c1-7-25-77(26-8-1)83-45-49-85(50-46-83)87-53-61-93(62-54-87)115(95-37-23-39-97(73-95)117-109-65-57-89(79-29-11-3-12-30-79)69-105(109)106-70-90(58-66-110(106)117)80-31-13-4-14-32-80)113-75-103-100-42-20-22-44-102(100)114(76-104(103)99-41-19-21-43-101(99)113)116(94-63-55-88(56-64-94)86-51-47-84(48-52-86)78-27-9-2-10-28-78)96-38-24-40-98(74-96)118-111-67-59-91(81-33-15-5-16-34-81)71-107(111)108-72-92(60-68-112(108)118)82-35-17-6-18-36-82/h1-76H. The molecule has 0 saturated heterocycles. The monoisotopic (exact) mass is 1500 g/mol. The van der Waals surface area contributed by atoms with Crippen LogP contribution in [0.3, 0.4) is 0 Å². The summed E-state index contributed by atoms with van der Waals surface area (Å²) in [4.78, 5) is 5.00. The van der Waals surface area contributed by atoms with Gasteiger partial charge in [0.15, 0.2) is 0 Å². The Bertz CT molecular complexity index is 6880. The molecule has 0 aliphatic carbocycles. The van der Waals surface area contributed by atoms with Gasteiger partial charge >= 0.3 is 0 Å². The van der Waals surface area contributed by atoms with Gasteiger partial charge in [0.1, 0.15) is 0 Å². The zero-order valence-electron chi connectivity index (χ0n) is 64.7. The van der Waals surface area contributed by atoms with Crippen LogP contribution in [0.15, 0.2) is 461 Å². The van der Waals surface area contributed by atoms with E-state index in [2.05, 4.69) is 480 Å². The van der Waals surface area contributed by atoms with Crippen LogP contribution in [0.5, 0.6) is 0 Å². The Balaban J connectivity index is 0.734. The highest BCUT2D eigenvalue weighted by Gasteiger charge is 2.26. The van der Waals surface area contributed by atoms with Crippen molar-refractivity contribution in [3.8, 4) is 100 Å². The first-order chi connectivity index (χ1) is 58.5. The fraction of sp³-hybridized carbons (Fsp3) is 0. The van der Waals surface area contributed by atoms with E-state index in [1.165, 1.54) is 88.3 Å². The third kappa shape index (κ3) is 12.4. The van der Waals surface area contributed by atoms with Crippen LogP contribution in [0, 0.1) is 0 Å². The molecule has 20 aromatic carbocycles. The van der Waals surface area contributed by atoms with Crippen molar-refractivity contribution in [3.05, 3.63) is 461 Å². The van der Waals surface area contributed by atoms with E-state index in [1.54, 1.807) is 0 Å². The molecule has 2 aromatic heterocycles. The SMILES string of the molecule is c1ccc(-c2ccc(-c3ccc(N(c4cccc(-n5c6ccc(-c7ccccc7)cc6c6cc(-c7ccccc7)ccc65)c4)c4cc5c6ccccc6c(N(c6ccc(-c7ccc(-c8ccccc8)cc7)cc6)c6cccc(-n7c8ccc(-c9ccccc9)cc8c8cc(-c9ccccc9)ccc87)c6)cc5c5ccccc45)cc3)cc2)cc1. The minimum Gasteiger partial charge on any atom is -0.310 e. The molecule has 2 heterocycles. The first-order valence-electron chi connectivity index (χ1n) is 40.6. The summed E-state index contributed by atoms with van der Waals surface area (Å²) in [6, 6.07) is 170. The minimum atomic E-state index is 1.03. The maximum absolute atomic E-state index is 2.50. The van der Waals surface area contributed by atoms with Crippen LogP contribution in [0.4, 0.5) is 34.1 Å². The predicted molar refractivity (Wildman–Crippen MR) is 500 cm³/mol. The second-order valence-electron chi connectivity index (χ2n) is 30.7. The van der Waals surface area contributed by atoms with E-state index in [1.807, 2.05) is 0 Å². The highest BCUT2D eigenvalue weighted by atomic mass is 15.2. The van der Waals surface area contributed by atoms with Crippen LogP contribution in [0.25, 0.3) is 176 Å². The van der Waals surface area contributed by atoms with Crippen molar-refractivity contribution >= 4 is 110 Å². The third-order valence-electron chi connectivity index (χ3n) is 23.9. The molecule has 0 spiro atoms. The van der Waals surface area contributed by atoms with Gasteiger partial charge in [-0.15, -0.1) is 0 Å². The molecule has 4 heteroatoms. The number of anilines is 6. The normalized spacial score (nSPS) is 11.6. The van der Waals surface area contributed by atoms with Crippen LogP contribution in [-0.2, 0) is 0 Å². The van der Waals surface area contributed by atoms with Crippen molar-refractivity contribution in [2.75, 3.05) is 9.80 Å². The quantitative estimate of drug-likeness (QED) is 0.0897. The Morgan fingerprint density at radius 2 is 0.347 bits per heavy atom. The molecule has 0 atom stereocenters. The number of benzene rings is 20. The molecule has 0 saturated carbocycles. The van der Waals surface area contributed by atoms with Crippen molar-refractivity contribution in [1.82, 2.24) is 9.13 Å². The van der Waals surface area contributed by atoms with Crippen molar-refractivity contribution in [2.24, 2.45) is 0 Å². The third-order valence-corrected chi connectivity index (χ3v) is 23.9. The van der Waals surface area contributed by atoms with E-state index in [9.17, 15) is 0 Å². The molecule has 0 radical (unpaired) electrons. The fourth-order valence-electron chi connectivity index (χ4n) is 18.1. The molecule has 0 aliphatic heterocycles. The summed E-state index contributed by atoms with van der Waals surface area (Å²) in [6.07, 6.45) is 0. The maximum Gasteiger partial charge on any atom is 0.0546 e. The summed E-state index contributed by atoms with van der Waals surface area (Å²) < 4.78 is 4.94. The largest absolute Gasteiger partial charge is 0.310 e. The molecule has 552 valence electrons. The van der Waals surface area contributed by atoms with Gasteiger partial charge in [-0.25, -0.2) is 0 Å². The Morgan fingerprint density at radius 3 is 0.619 bits per heavy atom. The molecule has 4 nitrogen and oxygen atoms in total. The maximum atomic E-state index is 2.50. The highest BCUT2D eigenvalue weighted by molar-refractivity contribution is 6.25. The molecule has 22 aromatic rings. The van der Waals surface area contributed by atoms with Crippen molar-refractivity contribution < 1.29 is 0 Å². The van der Waals surface area contributed by atoms with Gasteiger partial charge in [0, 0.05) is 66.4 Å². The van der Waals surface area contributed by atoms with Crippen LogP contribution >= 0.6 is 0 Å². The zero-order valence-corrected chi connectivity index (χ0v) is 64.7. The molecule has 0 aliphatic rings. The van der Waals surface area contributed by atoms with E-state index >= 15 is 0 Å². The van der Waals surface area contributed by atoms with E-state index in [0.29, 0.717) is 0 Å². The zero-order chi connectivity index (χ0) is 78.0. The lowest BCUT2D eigenvalue weighted by atomic mass is 9.93. The molecule has 0 fully saturated rings. The number of fused-ring (bicyclic) bond motifs is 11. The van der Waals surface area contributed by atoms with E-state index in [-0.39, 0.29) is 0 Å². The lowest BCUT2D eigenvalue weighted by Gasteiger charge is -2.30. The minimum absolute atomic E-state index is 1.03. The molecule has 22 rings (SSSR count). The Labute approximate surface area is 685 Å². The number of aromatic nitrogens is 2. The number of rotatable bonds is 16. The van der Waals surface area contributed by atoms with Gasteiger partial charge in [0.05, 0.1) is 33.4 Å². The van der Waals surface area contributed by atoms with Gasteiger partial charge in [-0.3, -0.25) is 0 Å². The first-order valence-corrected chi connectivity index (χ1v) is 40.6. The van der Waals surface area contributed by atoms with Crippen LogP contribution in [0.1, 0.15) is 0 Å². The Morgan fingerprint density at radius 1 is 0.127 bits per heavy atom. The molecule has 0 unspecified atom stereocenters. The van der Waals surface area contributed by atoms with Gasteiger partial charge < -0.3 is 18.9 Å². The summed E-state index contributed by atoms with van der Waals surface area (Å²) in [5, 5.41) is 11.6. The second-order valence-corrected chi connectivity index (χ2v) is 30.7. The topological polar surface area (TPSA) is 16.3 Å². The lowest BCUT2D eigenvalue weighted by Crippen LogP contribution is -2.12. The molecular weight excluding hydrogens is 1430 g/mol. The van der Waals surface area contributed by atoms with Crippen LogP contribution in [-0.4, -0.2) is 9.13 Å². The fourth-order valence-corrected chi connectivity index (χ4v) is 18.1. The number of hydrogen-bond donors (Lipinski definition) is 0. The van der Waals surface area contributed by atoms with Crippen molar-refractivity contribution in [3.63, 3.8) is 0 Å². The highest BCUT2D eigenvalue weighted by Crippen LogP contribution is 2.50. The van der Waals surface area contributed by atoms with Gasteiger partial charge in [-0.1, -0.05) is 340 Å². The van der Waals surface area contributed by atoms with Crippen molar-refractivity contribution in [2.45, 2.75) is 0 Å². The van der Waals surface area contributed by atoms with Gasteiger partial charge in [-0.2, -0.15) is 0 Å². The molecule has 0 N–H and O–H groups in total. The molecule has 118 heavy (non-hydrogen) atoms. The van der Waals surface area contributed by atoms with E-state index in [4.69, 9.17) is 0 Å². The average Bonchev–Trinajstić information content (AvgIpc) is 1.51. The van der Waals surface area contributed by atoms with Crippen molar-refractivity contribution in [1.29, 1.82) is 0 Å². The average molecular weight is 1500 g/mol. The number of hydrogen-bond acceptors (Lipinski definition) is 2. The summed E-state index contributed by atoms with van der Waals surface area (Å²) >= 11 is 0. The van der Waals surface area contributed by atoms with Crippen LogP contribution < -0.4 is 9.80 Å². The summed E-state index contributed by atoms with van der Waals surface area (Å²) in [5.41, 5.74) is 31.8. The van der Waals surface area contributed by atoms with E-state index < -0.39 is 0 Å². The summed E-state index contributed by atoms with van der Waals surface area (Å²) in [7, 11) is 0. The van der Waals surface area contributed by atoms with Gasteiger partial charge in [0.25, 0.3) is 0 Å². The predicted octanol–water partition coefficient (Wildman–Crippen LogP) is 31.6. The first kappa shape index (κ1) is 69.1. The Hall–Kier alpha value is -15.6. The lowest BCUT2D eigenvalue weighted by molar-refractivity contribution is 1.17. The Kier molecular flexibility index (Phi) is 17.2. The number of nitrogens with zero attached hydrogens (tertiary/aromatic N) is 4. The molecule has 0 amide bonds. The summed E-state index contributed by atoms with van der Waals surface area (Å²) in [6.45, 7) is 0. The van der Waals surface area contributed by atoms with Gasteiger partial charge in [-0.05, 0) is 232 Å². The second kappa shape index (κ2) is 29.4. The molecular formula is C114H76N4. The van der Waals surface area contributed by atoms with E-state index in [0.717, 1.165) is 122 Å². The smallest absolute Gasteiger partial charge is 0.0546 e.